The maximum Gasteiger partial charge on any atom is 0.0947 e. The average Bonchev–Trinajstić information content (AvgIpc) is 2.79. The molecule has 0 aliphatic heterocycles. The van der Waals surface area contributed by atoms with Crippen LogP contribution in [0.1, 0.15) is 10.6 Å². The van der Waals surface area contributed by atoms with Crippen molar-refractivity contribution in [1.82, 2.24) is 4.98 Å². The molecule has 0 amide bonds. The van der Waals surface area contributed by atoms with E-state index >= 15 is 0 Å². The highest BCUT2D eigenvalue weighted by Gasteiger charge is 1.96. The van der Waals surface area contributed by atoms with Gasteiger partial charge in [0.05, 0.1) is 18.2 Å². The maximum atomic E-state index is 5.56. The summed E-state index contributed by atoms with van der Waals surface area (Å²) in [7, 11) is 0. The van der Waals surface area contributed by atoms with E-state index in [4.69, 9.17) is 4.74 Å². The van der Waals surface area contributed by atoms with Crippen molar-refractivity contribution >= 4 is 11.3 Å². The smallest absolute Gasteiger partial charge is 0.0947 e. The second-order valence-electron chi connectivity index (χ2n) is 3.21. The average molecular weight is 219 g/mol. The van der Waals surface area contributed by atoms with Crippen LogP contribution >= 0.6 is 11.3 Å². The first kappa shape index (κ1) is 10.3. The Morgan fingerprint density at radius 2 is 2.07 bits per heavy atom. The van der Waals surface area contributed by atoms with Crippen LogP contribution in [0.2, 0.25) is 0 Å². The van der Waals surface area contributed by atoms with E-state index in [1.54, 1.807) is 11.3 Å². The molecule has 1 heterocycles. The number of ether oxygens (including phenoxy) is 1. The molecule has 1 aromatic carbocycles. The molecule has 2 rings (SSSR count). The molecule has 0 aliphatic carbocycles. The van der Waals surface area contributed by atoms with E-state index in [9.17, 15) is 0 Å². The van der Waals surface area contributed by atoms with Crippen LogP contribution in [0.4, 0.5) is 0 Å². The van der Waals surface area contributed by atoms with Crippen LogP contribution in [0.3, 0.4) is 0 Å². The highest BCUT2D eigenvalue weighted by atomic mass is 32.1. The topological polar surface area (TPSA) is 22.1 Å². The molecular formula is C12H13NOS. The van der Waals surface area contributed by atoms with E-state index in [0.717, 1.165) is 18.0 Å². The van der Waals surface area contributed by atoms with E-state index in [1.165, 1.54) is 5.56 Å². The van der Waals surface area contributed by atoms with E-state index in [-0.39, 0.29) is 0 Å². The molecular weight excluding hydrogens is 206 g/mol. The second kappa shape index (κ2) is 5.63. The number of nitrogens with zero attached hydrogens (tertiary/aromatic N) is 1. The molecule has 0 radical (unpaired) electrons. The zero-order valence-electron chi connectivity index (χ0n) is 8.43. The lowest BCUT2D eigenvalue weighted by atomic mass is 10.2. The molecule has 0 bridgehead atoms. The summed E-state index contributed by atoms with van der Waals surface area (Å²) in [6.45, 7) is 1.43. The van der Waals surface area contributed by atoms with Crippen LogP contribution in [0.5, 0.6) is 0 Å². The molecule has 0 fully saturated rings. The van der Waals surface area contributed by atoms with Gasteiger partial charge in [-0.05, 0) is 5.56 Å². The molecule has 0 atom stereocenters. The Balaban J connectivity index is 1.68. The fourth-order valence-electron chi connectivity index (χ4n) is 1.30. The van der Waals surface area contributed by atoms with Gasteiger partial charge in [0.1, 0.15) is 0 Å². The van der Waals surface area contributed by atoms with Crippen molar-refractivity contribution in [3.8, 4) is 0 Å². The highest BCUT2D eigenvalue weighted by molar-refractivity contribution is 7.09. The minimum atomic E-state index is 0.687. The molecule has 0 spiro atoms. The zero-order valence-corrected chi connectivity index (χ0v) is 9.24. The Morgan fingerprint density at radius 1 is 1.20 bits per heavy atom. The molecule has 3 heteroatoms. The first-order valence-electron chi connectivity index (χ1n) is 4.95. The van der Waals surface area contributed by atoms with Crippen molar-refractivity contribution in [3.05, 3.63) is 52.5 Å². The van der Waals surface area contributed by atoms with Crippen molar-refractivity contribution in [2.45, 2.75) is 13.0 Å². The van der Waals surface area contributed by atoms with Gasteiger partial charge in [-0.1, -0.05) is 30.3 Å². The van der Waals surface area contributed by atoms with Gasteiger partial charge < -0.3 is 4.74 Å². The molecule has 0 saturated heterocycles. The largest absolute Gasteiger partial charge is 0.376 e. The normalized spacial score (nSPS) is 10.4. The van der Waals surface area contributed by atoms with Crippen molar-refractivity contribution in [3.63, 3.8) is 0 Å². The van der Waals surface area contributed by atoms with Gasteiger partial charge in [-0.25, -0.2) is 4.98 Å². The van der Waals surface area contributed by atoms with Crippen LogP contribution in [0.15, 0.2) is 41.9 Å². The van der Waals surface area contributed by atoms with Crippen LogP contribution in [-0.4, -0.2) is 11.6 Å². The Morgan fingerprint density at radius 3 is 2.80 bits per heavy atom. The summed E-state index contributed by atoms with van der Waals surface area (Å²) in [4.78, 5) is 4.20. The number of rotatable bonds is 5. The summed E-state index contributed by atoms with van der Waals surface area (Å²) in [5, 5.41) is 3.13. The van der Waals surface area contributed by atoms with E-state index in [2.05, 4.69) is 17.1 Å². The molecule has 78 valence electrons. The predicted octanol–water partition coefficient (Wildman–Crippen LogP) is 2.90. The number of hydrogen-bond acceptors (Lipinski definition) is 3. The fourth-order valence-corrected chi connectivity index (χ4v) is 1.90. The molecule has 0 N–H and O–H groups in total. The summed E-state index contributed by atoms with van der Waals surface area (Å²) in [5.41, 5.74) is 1.22. The highest BCUT2D eigenvalue weighted by Crippen LogP contribution is 2.06. The Labute approximate surface area is 93.6 Å². The van der Waals surface area contributed by atoms with Crippen LogP contribution in [0.25, 0.3) is 0 Å². The van der Waals surface area contributed by atoms with Gasteiger partial charge >= 0.3 is 0 Å². The minimum Gasteiger partial charge on any atom is -0.376 e. The fraction of sp³-hybridized carbons (Fsp3) is 0.250. The monoisotopic (exact) mass is 219 g/mol. The number of aromatic nitrogens is 1. The lowest BCUT2D eigenvalue weighted by Crippen LogP contribution is -1.98. The van der Waals surface area contributed by atoms with Crippen molar-refractivity contribution < 1.29 is 4.74 Å². The first-order valence-corrected chi connectivity index (χ1v) is 5.83. The SMILES string of the molecule is c1ccc(COCCc2nccs2)cc1. The molecule has 15 heavy (non-hydrogen) atoms. The number of hydrogen-bond donors (Lipinski definition) is 0. The number of thiazole rings is 1. The third-order valence-electron chi connectivity index (χ3n) is 2.06. The molecule has 2 nitrogen and oxygen atoms in total. The Kier molecular flexibility index (Phi) is 3.88. The molecule has 0 saturated carbocycles. The quantitative estimate of drug-likeness (QED) is 0.721. The van der Waals surface area contributed by atoms with E-state index in [0.29, 0.717) is 6.61 Å². The number of benzene rings is 1. The predicted molar refractivity (Wildman–Crippen MR) is 61.9 cm³/mol. The molecule has 0 aliphatic rings. The van der Waals surface area contributed by atoms with Gasteiger partial charge in [0.15, 0.2) is 0 Å². The van der Waals surface area contributed by atoms with Crippen molar-refractivity contribution in [2.75, 3.05) is 6.61 Å². The summed E-state index contributed by atoms with van der Waals surface area (Å²) in [6, 6.07) is 10.2. The van der Waals surface area contributed by atoms with Gasteiger partial charge in [-0.15, -0.1) is 11.3 Å². The van der Waals surface area contributed by atoms with E-state index < -0.39 is 0 Å². The van der Waals surface area contributed by atoms with Crippen molar-refractivity contribution in [1.29, 1.82) is 0 Å². The van der Waals surface area contributed by atoms with Gasteiger partial charge in [-0.2, -0.15) is 0 Å². The first-order chi connectivity index (χ1) is 7.45. The van der Waals surface area contributed by atoms with Gasteiger partial charge in [-0.3, -0.25) is 0 Å². The van der Waals surface area contributed by atoms with Gasteiger partial charge in [0.2, 0.25) is 0 Å². The summed E-state index contributed by atoms with van der Waals surface area (Å²) >= 11 is 1.68. The molecule has 2 aromatic rings. The lowest BCUT2D eigenvalue weighted by Gasteiger charge is -2.02. The van der Waals surface area contributed by atoms with Crippen LogP contribution in [-0.2, 0) is 17.8 Å². The summed E-state index contributed by atoms with van der Waals surface area (Å²) < 4.78 is 5.56. The standard InChI is InChI=1S/C12H13NOS/c1-2-4-11(5-3-1)10-14-8-6-12-13-7-9-15-12/h1-5,7,9H,6,8,10H2. The van der Waals surface area contributed by atoms with E-state index in [1.807, 2.05) is 29.8 Å². The Hall–Kier alpha value is -1.19. The third-order valence-corrected chi connectivity index (χ3v) is 2.89. The van der Waals surface area contributed by atoms with Gasteiger partial charge in [0.25, 0.3) is 0 Å². The van der Waals surface area contributed by atoms with Crippen LogP contribution < -0.4 is 0 Å². The Bertz CT molecular complexity index is 372. The minimum absolute atomic E-state index is 0.687. The maximum absolute atomic E-state index is 5.56. The molecule has 1 aromatic heterocycles. The molecule has 0 unspecified atom stereocenters. The summed E-state index contributed by atoms with van der Waals surface area (Å²) in [5.74, 6) is 0. The zero-order chi connectivity index (χ0) is 10.3. The van der Waals surface area contributed by atoms with Crippen molar-refractivity contribution in [2.24, 2.45) is 0 Å². The van der Waals surface area contributed by atoms with Gasteiger partial charge in [0, 0.05) is 18.0 Å². The third kappa shape index (κ3) is 3.46. The lowest BCUT2D eigenvalue weighted by molar-refractivity contribution is 0.124. The second-order valence-corrected chi connectivity index (χ2v) is 4.19. The summed E-state index contributed by atoms with van der Waals surface area (Å²) in [6.07, 6.45) is 2.74. The van der Waals surface area contributed by atoms with Crippen LogP contribution in [0, 0.1) is 0 Å².